The van der Waals surface area contributed by atoms with E-state index < -0.39 is 0 Å². The summed E-state index contributed by atoms with van der Waals surface area (Å²) in [7, 11) is 0. The Labute approximate surface area is 153 Å². The predicted molar refractivity (Wildman–Crippen MR) is 106 cm³/mol. The number of nitrogens with zero attached hydrogens (tertiary/aromatic N) is 1. The number of amides is 1. The summed E-state index contributed by atoms with van der Waals surface area (Å²) < 4.78 is 0. The fourth-order valence-electron chi connectivity index (χ4n) is 4.47. The molecule has 3 aromatic carbocycles. The molecule has 1 saturated carbocycles. The maximum atomic E-state index is 13.2. The van der Waals surface area contributed by atoms with Crippen LogP contribution in [-0.2, 0) is 11.2 Å². The molecule has 0 bridgehead atoms. The summed E-state index contributed by atoms with van der Waals surface area (Å²) in [4.78, 5) is 15.2. The van der Waals surface area contributed by atoms with E-state index in [9.17, 15) is 4.79 Å². The van der Waals surface area contributed by atoms with Crippen molar-refractivity contribution in [1.82, 2.24) is 0 Å². The van der Waals surface area contributed by atoms with Gasteiger partial charge in [-0.2, -0.15) is 0 Å². The van der Waals surface area contributed by atoms with Crippen LogP contribution in [0, 0.1) is 5.92 Å². The Morgan fingerprint density at radius 2 is 1.81 bits per heavy atom. The second-order valence-corrected chi connectivity index (χ2v) is 7.46. The molecule has 3 nitrogen and oxygen atoms in total. The van der Waals surface area contributed by atoms with Crippen LogP contribution in [0.25, 0.3) is 10.8 Å². The topological polar surface area (TPSA) is 46.3 Å². The highest BCUT2D eigenvalue weighted by Crippen LogP contribution is 2.51. The molecule has 2 atom stereocenters. The normalized spacial score (nSPS) is 21.5. The highest BCUT2D eigenvalue weighted by molar-refractivity contribution is 6.00. The Hall–Kier alpha value is -2.81. The Morgan fingerprint density at radius 1 is 1.00 bits per heavy atom. The SMILES string of the molecule is Nc1cccc2c1CCCN2C(=O)C1CC1c1cccc2ccccc12. The summed E-state index contributed by atoms with van der Waals surface area (Å²) >= 11 is 0. The monoisotopic (exact) mass is 342 g/mol. The molecule has 0 radical (unpaired) electrons. The standard InChI is InChI=1S/C23H22N2O/c24-21-11-4-12-22-18(21)10-5-13-25(22)23(26)20-14-19(20)17-9-3-7-15-6-1-2-8-16(15)17/h1-4,6-9,11-12,19-20H,5,10,13-14,24H2. The van der Waals surface area contributed by atoms with Crippen LogP contribution in [0.1, 0.15) is 29.9 Å². The van der Waals surface area contributed by atoms with E-state index in [2.05, 4.69) is 42.5 Å². The fraction of sp³-hybridized carbons (Fsp3) is 0.261. The van der Waals surface area contributed by atoms with E-state index in [1.165, 1.54) is 16.3 Å². The maximum absolute atomic E-state index is 13.2. The molecule has 3 heteroatoms. The predicted octanol–water partition coefficient (Wildman–Crippen LogP) is 4.50. The summed E-state index contributed by atoms with van der Waals surface area (Å²) in [5.41, 5.74) is 10.4. The molecule has 0 spiro atoms. The average molecular weight is 342 g/mol. The quantitative estimate of drug-likeness (QED) is 0.697. The van der Waals surface area contributed by atoms with Crippen LogP contribution in [0.15, 0.2) is 60.7 Å². The molecular weight excluding hydrogens is 320 g/mol. The van der Waals surface area contributed by atoms with Gasteiger partial charge in [-0.1, -0.05) is 48.5 Å². The minimum absolute atomic E-state index is 0.0909. The van der Waals surface area contributed by atoms with E-state index >= 15 is 0 Å². The van der Waals surface area contributed by atoms with Gasteiger partial charge in [0.25, 0.3) is 0 Å². The molecule has 2 aliphatic rings. The van der Waals surface area contributed by atoms with Gasteiger partial charge in [0.1, 0.15) is 0 Å². The van der Waals surface area contributed by atoms with Crippen molar-refractivity contribution >= 4 is 28.1 Å². The first-order chi connectivity index (χ1) is 12.7. The van der Waals surface area contributed by atoms with E-state index in [1.807, 2.05) is 23.1 Å². The molecular formula is C23H22N2O. The number of nitrogens with two attached hydrogens (primary N) is 1. The minimum Gasteiger partial charge on any atom is -0.398 e. The Morgan fingerprint density at radius 3 is 2.73 bits per heavy atom. The Balaban J connectivity index is 1.45. The van der Waals surface area contributed by atoms with Gasteiger partial charge in [0.15, 0.2) is 0 Å². The molecule has 2 unspecified atom stereocenters. The second kappa shape index (κ2) is 5.87. The molecule has 1 amide bonds. The number of benzene rings is 3. The molecule has 0 aromatic heterocycles. The van der Waals surface area contributed by atoms with Gasteiger partial charge in [0, 0.05) is 23.8 Å². The molecule has 26 heavy (non-hydrogen) atoms. The lowest BCUT2D eigenvalue weighted by Crippen LogP contribution is -2.37. The first-order valence-corrected chi connectivity index (χ1v) is 9.40. The molecule has 2 N–H and O–H groups in total. The van der Waals surface area contributed by atoms with Gasteiger partial charge < -0.3 is 10.6 Å². The summed E-state index contributed by atoms with van der Waals surface area (Å²) in [5.74, 6) is 0.683. The smallest absolute Gasteiger partial charge is 0.230 e. The highest BCUT2D eigenvalue weighted by Gasteiger charge is 2.47. The van der Waals surface area contributed by atoms with Crippen LogP contribution in [0.5, 0.6) is 0 Å². The van der Waals surface area contributed by atoms with E-state index in [0.29, 0.717) is 5.92 Å². The lowest BCUT2D eigenvalue weighted by Gasteiger charge is -2.30. The first-order valence-electron chi connectivity index (χ1n) is 9.40. The zero-order valence-corrected chi connectivity index (χ0v) is 14.7. The summed E-state index contributed by atoms with van der Waals surface area (Å²) in [5, 5.41) is 2.53. The van der Waals surface area contributed by atoms with Crippen LogP contribution in [0.4, 0.5) is 11.4 Å². The number of anilines is 2. The number of hydrogen-bond acceptors (Lipinski definition) is 2. The van der Waals surface area contributed by atoms with Crippen LogP contribution in [0.2, 0.25) is 0 Å². The van der Waals surface area contributed by atoms with E-state index in [1.54, 1.807) is 0 Å². The lowest BCUT2D eigenvalue weighted by atomic mass is 9.98. The van der Waals surface area contributed by atoms with Gasteiger partial charge in [-0.25, -0.2) is 0 Å². The van der Waals surface area contributed by atoms with Gasteiger partial charge in [-0.05, 0) is 59.2 Å². The fourth-order valence-corrected chi connectivity index (χ4v) is 4.47. The zero-order chi connectivity index (χ0) is 17.7. The number of rotatable bonds is 2. The van der Waals surface area contributed by atoms with Crippen LogP contribution in [0.3, 0.4) is 0 Å². The number of carbonyl (C=O) groups excluding carboxylic acids is 1. The number of nitrogen functional groups attached to an aromatic ring is 1. The largest absolute Gasteiger partial charge is 0.398 e. The summed E-state index contributed by atoms with van der Waals surface area (Å²) in [6.07, 6.45) is 2.89. The van der Waals surface area contributed by atoms with Crippen molar-refractivity contribution in [3.63, 3.8) is 0 Å². The van der Waals surface area contributed by atoms with Crippen LogP contribution < -0.4 is 10.6 Å². The third-order valence-electron chi connectivity index (χ3n) is 5.88. The summed E-state index contributed by atoms with van der Waals surface area (Å²) in [6.45, 7) is 0.800. The van der Waals surface area contributed by atoms with Crippen molar-refractivity contribution in [1.29, 1.82) is 0 Å². The van der Waals surface area contributed by atoms with Gasteiger partial charge in [0.2, 0.25) is 5.91 Å². The van der Waals surface area contributed by atoms with Gasteiger partial charge in [-0.3, -0.25) is 4.79 Å². The van der Waals surface area contributed by atoms with Crippen molar-refractivity contribution in [2.75, 3.05) is 17.2 Å². The zero-order valence-electron chi connectivity index (χ0n) is 14.7. The third-order valence-corrected chi connectivity index (χ3v) is 5.88. The lowest BCUT2D eigenvalue weighted by molar-refractivity contribution is -0.120. The molecule has 3 aromatic rings. The average Bonchev–Trinajstić information content (AvgIpc) is 3.48. The van der Waals surface area contributed by atoms with E-state index in [-0.39, 0.29) is 11.8 Å². The molecule has 130 valence electrons. The summed E-state index contributed by atoms with van der Waals surface area (Å²) in [6, 6.07) is 20.8. The number of hydrogen-bond donors (Lipinski definition) is 1. The van der Waals surface area contributed by atoms with Crippen molar-refractivity contribution in [2.45, 2.75) is 25.2 Å². The molecule has 1 fully saturated rings. The molecule has 5 rings (SSSR count). The second-order valence-electron chi connectivity index (χ2n) is 7.46. The van der Waals surface area contributed by atoms with Gasteiger partial charge in [0.05, 0.1) is 0 Å². The molecule has 0 saturated heterocycles. The number of carbonyl (C=O) groups is 1. The van der Waals surface area contributed by atoms with Crippen LogP contribution in [-0.4, -0.2) is 12.5 Å². The van der Waals surface area contributed by atoms with Crippen molar-refractivity contribution in [3.05, 3.63) is 71.8 Å². The van der Waals surface area contributed by atoms with Crippen molar-refractivity contribution in [2.24, 2.45) is 5.92 Å². The van der Waals surface area contributed by atoms with Crippen LogP contribution >= 0.6 is 0 Å². The molecule has 1 aliphatic carbocycles. The van der Waals surface area contributed by atoms with Gasteiger partial charge >= 0.3 is 0 Å². The van der Waals surface area contributed by atoms with Crippen molar-refractivity contribution < 1.29 is 4.79 Å². The molecule has 1 heterocycles. The van der Waals surface area contributed by atoms with E-state index in [0.717, 1.165) is 42.7 Å². The maximum Gasteiger partial charge on any atom is 0.230 e. The van der Waals surface area contributed by atoms with Gasteiger partial charge in [-0.15, -0.1) is 0 Å². The van der Waals surface area contributed by atoms with Crippen molar-refractivity contribution in [3.8, 4) is 0 Å². The minimum atomic E-state index is 0.0909. The number of fused-ring (bicyclic) bond motifs is 2. The Kier molecular flexibility index (Phi) is 3.49. The third kappa shape index (κ3) is 2.38. The Bertz CT molecular complexity index is 1000. The van der Waals surface area contributed by atoms with E-state index in [4.69, 9.17) is 5.73 Å². The highest BCUT2D eigenvalue weighted by atomic mass is 16.2. The molecule has 1 aliphatic heterocycles. The first kappa shape index (κ1) is 15.4.